The van der Waals surface area contributed by atoms with Crippen LogP contribution in [0.25, 0.3) is 0 Å². The Morgan fingerprint density at radius 1 is 1.09 bits per heavy atom. The number of aryl methyl sites for hydroxylation is 3. The zero-order valence-corrected chi connectivity index (χ0v) is 15.3. The van der Waals surface area contributed by atoms with Gasteiger partial charge in [0.1, 0.15) is 0 Å². The summed E-state index contributed by atoms with van der Waals surface area (Å²) in [5.74, 6) is -0.116. The maximum absolute atomic E-state index is 12.5. The summed E-state index contributed by atoms with van der Waals surface area (Å²) in [6.07, 6.45) is 0. The Hall–Kier alpha value is -1.88. The van der Waals surface area contributed by atoms with E-state index in [0.29, 0.717) is 0 Å². The van der Waals surface area contributed by atoms with Crippen LogP contribution >= 0.6 is 0 Å². The van der Waals surface area contributed by atoms with Gasteiger partial charge in [-0.2, -0.15) is 0 Å². The quantitative estimate of drug-likeness (QED) is 0.732. The van der Waals surface area contributed by atoms with Crippen LogP contribution in [0.5, 0.6) is 0 Å². The summed E-state index contributed by atoms with van der Waals surface area (Å²) in [6.45, 7) is 12.0. The monoisotopic (exact) mass is 320 g/mol. The molecule has 0 aliphatic rings. The largest absolute Gasteiger partial charge is 0.349 e. The average Bonchev–Trinajstić information content (AvgIpc) is 2.40. The Morgan fingerprint density at radius 3 is 2.09 bits per heavy atom. The maximum Gasteiger partial charge on any atom is 0.282 e. The lowest BCUT2D eigenvalue weighted by Gasteiger charge is -2.22. The van der Waals surface area contributed by atoms with Crippen LogP contribution in [0.4, 0.5) is 5.69 Å². The Morgan fingerprint density at radius 2 is 1.61 bits per heavy atom. The van der Waals surface area contributed by atoms with Crippen molar-refractivity contribution in [2.75, 3.05) is 18.9 Å². The predicted molar refractivity (Wildman–Crippen MR) is 93.8 cm³/mol. The van der Waals surface area contributed by atoms with Crippen molar-refractivity contribution in [3.63, 3.8) is 0 Å². The third-order valence-electron chi connectivity index (χ3n) is 3.95. The first-order valence-corrected chi connectivity index (χ1v) is 8.12. The van der Waals surface area contributed by atoms with E-state index in [-0.39, 0.29) is 30.4 Å². The fourth-order valence-corrected chi connectivity index (χ4v) is 2.61. The molecule has 5 heteroatoms. The molecule has 0 spiro atoms. The summed E-state index contributed by atoms with van der Waals surface area (Å²) in [5.41, 5.74) is 4.16. The van der Waals surface area contributed by atoms with E-state index < -0.39 is 0 Å². The lowest BCUT2D eigenvalue weighted by Crippen LogP contribution is -3.15. The molecular weight excluding hydrogens is 290 g/mol. The van der Waals surface area contributed by atoms with Crippen LogP contribution in [0.1, 0.15) is 37.5 Å². The molecule has 0 heterocycles. The summed E-state index contributed by atoms with van der Waals surface area (Å²) in [4.78, 5) is 25.2. The molecule has 1 aromatic rings. The van der Waals surface area contributed by atoms with Gasteiger partial charge < -0.3 is 15.5 Å². The number of anilines is 1. The van der Waals surface area contributed by atoms with Crippen molar-refractivity contribution < 1.29 is 14.5 Å². The maximum atomic E-state index is 12.5. The molecule has 23 heavy (non-hydrogen) atoms. The highest BCUT2D eigenvalue weighted by atomic mass is 16.2. The topological polar surface area (TPSA) is 62.6 Å². The second-order valence-electron chi connectivity index (χ2n) is 6.73. The van der Waals surface area contributed by atoms with Crippen molar-refractivity contribution in [2.45, 2.75) is 53.6 Å². The molecule has 128 valence electrons. The van der Waals surface area contributed by atoms with Crippen LogP contribution in [-0.2, 0) is 9.59 Å². The minimum absolute atomic E-state index is 0.0418. The SMILES string of the molecule is Cc1cc(C)c(NC(=O)[C@@H](C)[NH+](C)CC(=O)NC(C)C)c(C)c1. The summed E-state index contributed by atoms with van der Waals surface area (Å²) >= 11 is 0. The molecule has 1 aromatic carbocycles. The van der Waals surface area contributed by atoms with Crippen molar-refractivity contribution in [3.05, 3.63) is 28.8 Å². The molecule has 5 nitrogen and oxygen atoms in total. The standard InChI is InChI=1S/C18H29N3O2/c1-11(2)19-16(22)10-21(7)15(6)18(23)20-17-13(4)8-12(3)9-14(17)5/h8-9,11,15H,10H2,1-7H3,(H,19,22)(H,20,23)/p+1/t15-/m1/s1. The highest BCUT2D eigenvalue weighted by Gasteiger charge is 2.24. The van der Waals surface area contributed by atoms with Crippen LogP contribution in [0.3, 0.4) is 0 Å². The van der Waals surface area contributed by atoms with Gasteiger partial charge in [-0.25, -0.2) is 0 Å². The van der Waals surface area contributed by atoms with Crippen molar-refractivity contribution >= 4 is 17.5 Å². The number of carbonyl (C=O) groups is 2. The predicted octanol–water partition coefficient (Wildman–Crippen LogP) is 0.978. The molecule has 3 N–H and O–H groups in total. The van der Waals surface area contributed by atoms with Gasteiger partial charge >= 0.3 is 0 Å². The lowest BCUT2D eigenvalue weighted by molar-refractivity contribution is -0.885. The molecule has 0 aliphatic heterocycles. The Bertz CT molecular complexity index is 559. The zero-order valence-electron chi connectivity index (χ0n) is 15.3. The smallest absolute Gasteiger partial charge is 0.282 e. The summed E-state index contributed by atoms with van der Waals surface area (Å²) in [7, 11) is 1.86. The van der Waals surface area contributed by atoms with Gasteiger partial charge in [-0.05, 0) is 52.7 Å². The van der Waals surface area contributed by atoms with Gasteiger partial charge in [0, 0.05) is 11.7 Å². The van der Waals surface area contributed by atoms with E-state index in [0.717, 1.165) is 21.7 Å². The minimum Gasteiger partial charge on any atom is -0.349 e. The molecule has 0 aromatic heterocycles. The van der Waals surface area contributed by atoms with Gasteiger partial charge in [-0.15, -0.1) is 0 Å². The molecule has 0 saturated carbocycles. The van der Waals surface area contributed by atoms with Crippen molar-refractivity contribution in [3.8, 4) is 0 Å². The van der Waals surface area contributed by atoms with Crippen molar-refractivity contribution in [1.29, 1.82) is 0 Å². The Kier molecular flexibility index (Phi) is 6.76. The van der Waals surface area contributed by atoms with Crippen LogP contribution in [-0.4, -0.2) is 37.5 Å². The van der Waals surface area contributed by atoms with E-state index in [1.54, 1.807) is 0 Å². The number of hydrogen-bond acceptors (Lipinski definition) is 2. The van der Waals surface area contributed by atoms with E-state index >= 15 is 0 Å². The lowest BCUT2D eigenvalue weighted by atomic mass is 10.0. The van der Waals surface area contributed by atoms with E-state index in [1.807, 2.05) is 48.6 Å². The average molecular weight is 320 g/mol. The number of carbonyl (C=O) groups excluding carboxylic acids is 2. The van der Waals surface area contributed by atoms with Gasteiger partial charge in [0.2, 0.25) is 0 Å². The van der Waals surface area contributed by atoms with E-state index in [9.17, 15) is 9.59 Å². The number of hydrogen-bond donors (Lipinski definition) is 3. The highest BCUT2D eigenvalue weighted by molar-refractivity contribution is 5.95. The van der Waals surface area contributed by atoms with Crippen LogP contribution in [0.2, 0.25) is 0 Å². The second-order valence-corrected chi connectivity index (χ2v) is 6.73. The zero-order chi connectivity index (χ0) is 17.7. The first-order chi connectivity index (χ1) is 10.6. The molecule has 1 rings (SSSR count). The number of rotatable bonds is 6. The number of nitrogens with one attached hydrogen (secondary N) is 3. The number of amides is 2. The molecule has 2 atom stereocenters. The van der Waals surface area contributed by atoms with Crippen LogP contribution in [0.15, 0.2) is 12.1 Å². The molecule has 0 saturated heterocycles. The molecule has 1 unspecified atom stereocenters. The first-order valence-electron chi connectivity index (χ1n) is 8.12. The molecule has 0 aliphatic carbocycles. The third-order valence-corrected chi connectivity index (χ3v) is 3.95. The summed E-state index contributed by atoms with van der Waals surface area (Å²) in [5, 5.41) is 5.86. The minimum atomic E-state index is -0.312. The van der Waals surface area contributed by atoms with Gasteiger partial charge in [-0.1, -0.05) is 17.7 Å². The molecular formula is C18H30N3O2+. The van der Waals surface area contributed by atoms with Crippen molar-refractivity contribution in [2.24, 2.45) is 0 Å². The molecule has 0 bridgehead atoms. The summed E-state index contributed by atoms with van der Waals surface area (Å²) < 4.78 is 0. The molecule has 0 radical (unpaired) electrons. The third kappa shape index (κ3) is 5.67. The fraction of sp³-hybridized carbons (Fsp3) is 0.556. The normalized spacial score (nSPS) is 13.6. The Labute approximate surface area is 139 Å². The van der Waals surface area contributed by atoms with Gasteiger partial charge in [0.25, 0.3) is 11.8 Å². The molecule has 0 fully saturated rings. The van der Waals surface area contributed by atoms with Gasteiger partial charge in [0.15, 0.2) is 12.6 Å². The fourth-order valence-electron chi connectivity index (χ4n) is 2.61. The number of likely N-dealkylation sites (N-methyl/N-ethyl adjacent to an activating group) is 1. The molecule has 2 amide bonds. The van der Waals surface area contributed by atoms with Gasteiger partial charge in [0.05, 0.1) is 7.05 Å². The number of benzene rings is 1. The van der Waals surface area contributed by atoms with E-state index in [4.69, 9.17) is 0 Å². The van der Waals surface area contributed by atoms with Gasteiger partial charge in [-0.3, -0.25) is 9.59 Å². The van der Waals surface area contributed by atoms with Crippen molar-refractivity contribution in [1.82, 2.24) is 5.32 Å². The van der Waals surface area contributed by atoms with Crippen LogP contribution in [0, 0.1) is 20.8 Å². The van der Waals surface area contributed by atoms with E-state index in [1.165, 1.54) is 5.56 Å². The Balaban J connectivity index is 2.72. The first kappa shape index (κ1) is 19.2. The highest BCUT2D eigenvalue weighted by Crippen LogP contribution is 2.21. The number of quaternary nitrogens is 1. The van der Waals surface area contributed by atoms with Crippen LogP contribution < -0.4 is 15.5 Å². The van der Waals surface area contributed by atoms with E-state index in [2.05, 4.69) is 22.8 Å². The summed E-state index contributed by atoms with van der Waals surface area (Å²) in [6, 6.07) is 3.91. The second kappa shape index (κ2) is 8.11.